The molecule has 1 amide bonds. The van der Waals surface area contributed by atoms with Crippen molar-refractivity contribution in [2.24, 2.45) is 4.99 Å². The molecule has 1 N–H and O–H groups in total. The van der Waals surface area contributed by atoms with Crippen LogP contribution < -0.4 is 5.32 Å². The van der Waals surface area contributed by atoms with Crippen molar-refractivity contribution >= 4 is 12.1 Å². The molecule has 0 spiro atoms. The summed E-state index contributed by atoms with van der Waals surface area (Å²) in [5.41, 5.74) is 0.934. The summed E-state index contributed by atoms with van der Waals surface area (Å²) in [6, 6.07) is 11.0. The molecule has 1 aromatic rings. The lowest BCUT2D eigenvalue weighted by Crippen LogP contribution is -2.58. The maximum absolute atomic E-state index is 12.4. The highest BCUT2D eigenvalue weighted by Crippen LogP contribution is 2.18. The number of fused-ring (bicyclic) bond motifs is 1. The van der Waals surface area contributed by atoms with Crippen molar-refractivity contribution in [1.82, 2.24) is 24.9 Å². The van der Waals surface area contributed by atoms with Crippen LogP contribution in [0.5, 0.6) is 0 Å². The molecule has 8 heteroatoms. The van der Waals surface area contributed by atoms with Gasteiger partial charge in [-0.05, 0) is 26.3 Å². The lowest BCUT2D eigenvalue weighted by atomic mass is 10.2. The fourth-order valence-electron chi connectivity index (χ4n) is 4.56. The van der Waals surface area contributed by atoms with Crippen LogP contribution in [0.3, 0.4) is 0 Å². The Morgan fingerprint density at radius 2 is 1.78 bits per heavy atom. The van der Waals surface area contributed by atoms with Gasteiger partial charge < -0.3 is 19.9 Å². The number of carbonyl (C=O) groups is 1. The van der Waals surface area contributed by atoms with Crippen molar-refractivity contribution in [3.05, 3.63) is 35.9 Å². The summed E-state index contributed by atoms with van der Waals surface area (Å²) in [7, 11) is 0. The number of hydrogen-bond acceptors (Lipinski definition) is 7. The quantitative estimate of drug-likeness (QED) is 0.749. The molecule has 0 bridgehead atoms. The molecule has 2 fully saturated rings. The Morgan fingerprint density at radius 3 is 2.50 bits per heavy atom. The monoisotopic (exact) mass is 442 g/mol. The molecule has 3 aliphatic heterocycles. The minimum absolute atomic E-state index is 0.218. The lowest BCUT2D eigenvalue weighted by molar-refractivity contribution is 0.0137. The van der Waals surface area contributed by atoms with E-state index in [-0.39, 0.29) is 12.1 Å². The second-order valence-corrected chi connectivity index (χ2v) is 9.97. The van der Waals surface area contributed by atoms with Gasteiger partial charge in [0.2, 0.25) is 0 Å². The van der Waals surface area contributed by atoms with Crippen LogP contribution >= 0.6 is 0 Å². The fraction of sp³-hybridized carbons (Fsp3) is 0.667. The Balaban J connectivity index is 1.14. The Hall–Kier alpha value is -2.32. The number of aliphatic imine (C=N–C) groups is 1. The molecule has 0 aromatic heterocycles. The predicted molar refractivity (Wildman–Crippen MR) is 127 cm³/mol. The fourth-order valence-corrected chi connectivity index (χ4v) is 4.56. The second kappa shape index (κ2) is 10.1. The van der Waals surface area contributed by atoms with E-state index in [2.05, 4.69) is 50.3 Å². The first-order valence-corrected chi connectivity index (χ1v) is 11.9. The van der Waals surface area contributed by atoms with E-state index in [0.29, 0.717) is 13.1 Å². The number of piperazine rings is 2. The molecule has 8 nitrogen and oxygen atoms in total. The molecule has 1 atom stereocenters. The smallest absolute Gasteiger partial charge is 0.410 e. The zero-order chi connectivity index (χ0) is 22.6. The van der Waals surface area contributed by atoms with Crippen LogP contribution in [0.25, 0.3) is 0 Å². The first-order valence-electron chi connectivity index (χ1n) is 11.9. The highest BCUT2D eigenvalue weighted by atomic mass is 16.6. The van der Waals surface area contributed by atoms with Crippen molar-refractivity contribution < 1.29 is 9.53 Å². The van der Waals surface area contributed by atoms with E-state index in [9.17, 15) is 4.79 Å². The van der Waals surface area contributed by atoms with Crippen molar-refractivity contribution in [2.45, 2.75) is 39.0 Å². The summed E-state index contributed by atoms with van der Waals surface area (Å²) >= 11 is 0. The van der Waals surface area contributed by atoms with Crippen molar-refractivity contribution in [3.63, 3.8) is 0 Å². The van der Waals surface area contributed by atoms with Crippen LogP contribution in [-0.2, 0) is 11.3 Å². The molecule has 4 rings (SSSR count). The highest BCUT2D eigenvalue weighted by molar-refractivity contribution is 5.82. The van der Waals surface area contributed by atoms with Gasteiger partial charge in [-0.2, -0.15) is 0 Å². The van der Waals surface area contributed by atoms with Crippen LogP contribution in [0.15, 0.2) is 35.3 Å². The van der Waals surface area contributed by atoms with Gasteiger partial charge in [0.15, 0.2) is 5.96 Å². The lowest BCUT2D eigenvalue weighted by Gasteiger charge is -2.39. The molecule has 1 unspecified atom stereocenters. The normalized spacial score (nSPS) is 22.5. The third-order valence-electron chi connectivity index (χ3n) is 6.28. The number of rotatable bonds is 5. The standard InChI is InChI=1S/C24H38N6O2/c1-24(2,3)32-23(31)29-15-16-30-21(19-29)17-26-22(30)25-9-10-27-11-13-28(14-12-27)18-20-7-5-4-6-8-20/h4-8,21H,9-19H2,1-3H3,(H,25,26). The van der Waals surface area contributed by atoms with E-state index < -0.39 is 5.60 Å². The molecule has 176 valence electrons. The van der Waals surface area contributed by atoms with Crippen molar-refractivity contribution in [1.29, 1.82) is 0 Å². The van der Waals surface area contributed by atoms with E-state index in [0.717, 1.165) is 64.9 Å². The van der Waals surface area contributed by atoms with Crippen LogP contribution in [0.4, 0.5) is 4.79 Å². The molecule has 0 radical (unpaired) electrons. The van der Waals surface area contributed by atoms with E-state index in [1.54, 1.807) is 0 Å². The summed E-state index contributed by atoms with van der Waals surface area (Å²) < 4.78 is 5.53. The number of guanidine groups is 1. The SMILES string of the molecule is CC(C)(C)OC(=O)N1CCN2C(NCCN3CCN(Cc4ccccc4)CC3)=NCC2C1. The minimum Gasteiger partial charge on any atom is -0.444 e. The summed E-state index contributed by atoms with van der Waals surface area (Å²) in [6.07, 6.45) is -0.218. The summed E-state index contributed by atoms with van der Waals surface area (Å²) in [6.45, 7) is 16.0. The van der Waals surface area contributed by atoms with E-state index in [4.69, 9.17) is 9.73 Å². The average Bonchev–Trinajstić information content (AvgIpc) is 3.17. The van der Waals surface area contributed by atoms with E-state index in [1.165, 1.54) is 5.56 Å². The highest BCUT2D eigenvalue weighted by Gasteiger charge is 2.36. The number of nitrogens with one attached hydrogen (secondary N) is 1. The van der Waals surface area contributed by atoms with Crippen molar-refractivity contribution in [3.8, 4) is 0 Å². The number of benzene rings is 1. The maximum atomic E-state index is 12.4. The molecule has 32 heavy (non-hydrogen) atoms. The number of ether oxygens (including phenoxy) is 1. The second-order valence-electron chi connectivity index (χ2n) is 9.97. The van der Waals surface area contributed by atoms with Crippen LogP contribution in [-0.4, -0.2) is 109 Å². The minimum atomic E-state index is -0.458. The van der Waals surface area contributed by atoms with Crippen LogP contribution in [0.2, 0.25) is 0 Å². The zero-order valence-electron chi connectivity index (χ0n) is 19.8. The molecule has 3 aliphatic rings. The number of hydrogen-bond donors (Lipinski definition) is 1. The van der Waals surface area contributed by atoms with E-state index in [1.807, 2.05) is 25.7 Å². The predicted octanol–water partition coefficient (Wildman–Crippen LogP) is 1.68. The first-order chi connectivity index (χ1) is 15.4. The van der Waals surface area contributed by atoms with Gasteiger partial charge in [0.1, 0.15) is 5.60 Å². The number of nitrogens with zero attached hydrogens (tertiary/aromatic N) is 5. The van der Waals surface area contributed by atoms with E-state index >= 15 is 0 Å². The molecular formula is C24H38N6O2. The Morgan fingerprint density at radius 1 is 1.06 bits per heavy atom. The molecule has 3 heterocycles. The van der Waals surface area contributed by atoms with Gasteiger partial charge in [-0.3, -0.25) is 14.8 Å². The summed E-state index contributed by atoms with van der Waals surface area (Å²) in [5.74, 6) is 0.988. The Labute approximate surface area is 192 Å². The number of amides is 1. The topological polar surface area (TPSA) is 63.7 Å². The third-order valence-corrected chi connectivity index (χ3v) is 6.28. The third kappa shape index (κ3) is 6.13. The molecule has 0 saturated carbocycles. The maximum Gasteiger partial charge on any atom is 0.410 e. The summed E-state index contributed by atoms with van der Waals surface area (Å²) in [5, 5.41) is 3.55. The Kier molecular flexibility index (Phi) is 7.20. The van der Waals surface area contributed by atoms with Crippen LogP contribution in [0.1, 0.15) is 26.3 Å². The Bertz CT molecular complexity index is 785. The van der Waals surface area contributed by atoms with Crippen LogP contribution in [0, 0.1) is 0 Å². The average molecular weight is 443 g/mol. The molecule has 2 saturated heterocycles. The number of carbonyl (C=O) groups excluding carboxylic acids is 1. The van der Waals surface area contributed by atoms with Gasteiger partial charge in [-0.15, -0.1) is 0 Å². The first kappa shape index (κ1) is 22.9. The summed E-state index contributed by atoms with van der Waals surface area (Å²) in [4.78, 5) is 26.3. The van der Waals surface area contributed by atoms with Gasteiger partial charge in [0.05, 0.1) is 12.6 Å². The van der Waals surface area contributed by atoms with Gasteiger partial charge in [-0.1, -0.05) is 30.3 Å². The van der Waals surface area contributed by atoms with Crippen molar-refractivity contribution in [2.75, 3.05) is 65.4 Å². The van der Waals surface area contributed by atoms with Gasteiger partial charge in [0.25, 0.3) is 0 Å². The molecule has 0 aliphatic carbocycles. The van der Waals surface area contributed by atoms with Gasteiger partial charge >= 0.3 is 6.09 Å². The van der Waals surface area contributed by atoms with Gasteiger partial charge in [-0.25, -0.2) is 4.79 Å². The van der Waals surface area contributed by atoms with Gasteiger partial charge in [0, 0.05) is 65.4 Å². The molecular weight excluding hydrogens is 404 g/mol. The zero-order valence-corrected chi connectivity index (χ0v) is 19.8. The molecule has 1 aromatic carbocycles. The largest absolute Gasteiger partial charge is 0.444 e.